The molecule has 33 heavy (non-hydrogen) atoms. The molecule has 2 saturated heterocycles. The highest BCUT2D eigenvalue weighted by atomic mass is 32.2. The van der Waals surface area contributed by atoms with E-state index in [0.717, 1.165) is 48.0 Å². The molecule has 1 saturated carbocycles. The van der Waals surface area contributed by atoms with Gasteiger partial charge in [-0.05, 0) is 61.3 Å². The molecule has 2 heterocycles. The quantitative estimate of drug-likeness (QED) is 0.459. The summed E-state index contributed by atoms with van der Waals surface area (Å²) in [4.78, 5) is 32.9. The van der Waals surface area contributed by atoms with Crippen molar-refractivity contribution >= 4 is 34.4 Å². The maximum atomic E-state index is 14.0. The number of amides is 2. The summed E-state index contributed by atoms with van der Waals surface area (Å²) in [5.41, 5.74) is 0.291. The summed E-state index contributed by atoms with van der Waals surface area (Å²) in [5, 5.41) is 4.08. The molecule has 0 unspecified atom stereocenters. The number of benzene rings is 1. The van der Waals surface area contributed by atoms with Gasteiger partial charge < -0.3 is 4.74 Å². The van der Waals surface area contributed by atoms with Crippen LogP contribution in [0.3, 0.4) is 0 Å². The van der Waals surface area contributed by atoms with E-state index in [9.17, 15) is 9.59 Å². The second kappa shape index (κ2) is 8.19. The topological polar surface area (TPSA) is 62.2 Å². The molecule has 6 nitrogen and oxygen atoms in total. The van der Waals surface area contributed by atoms with Crippen molar-refractivity contribution in [2.75, 3.05) is 19.4 Å². The number of rotatable bonds is 4. The fourth-order valence-electron chi connectivity index (χ4n) is 6.19. The average Bonchev–Trinajstić information content (AvgIpc) is 2.95. The van der Waals surface area contributed by atoms with Crippen molar-refractivity contribution in [2.45, 2.75) is 46.5 Å². The number of hydrogen-bond acceptors (Lipinski definition) is 5. The van der Waals surface area contributed by atoms with Crippen molar-refractivity contribution in [1.29, 1.82) is 0 Å². The lowest BCUT2D eigenvalue weighted by Gasteiger charge is -2.55. The molecular formula is C26H33N3O3S. The molecule has 2 aliphatic heterocycles. The smallest absolute Gasteiger partial charge is 0.253 e. The van der Waals surface area contributed by atoms with Gasteiger partial charge in [0.1, 0.15) is 5.75 Å². The Kier molecular flexibility index (Phi) is 5.58. The van der Waals surface area contributed by atoms with Gasteiger partial charge in [-0.2, -0.15) is 5.01 Å². The van der Waals surface area contributed by atoms with Crippen molar-refractivity contribution in [2.24, 2.45) is 33.6 Å². The van der Waals surface area contributed by atoms with Crippen molar-refractivity contribution in [3.05, 3.63) is 36.4 Å². The van der Waals surface area contributed by atoms with Crippen LogP contribution in [0.2, 0.25) is 0 Å². The molecule has 2 amide bonds. The molecule has 2 bridgehead atoms. The lowest BCUT2D eigenvalue weighted by atomic mass is 9.46. The Balaban J connectivity index is 1.54. The molecule has 3 aliphatic carbocycles. The fourth-order valence-corrected chi connectivity index (χ4v) is 7.22. The van der Waals surface area contributed by atoms with Gasteiger partial charge in [-0.25, -0.2) is 4.99 Å². The number of ether oxygens (including phenoxy) is 1. The third-order valence-electron chi connectivity index (χ3n) is 8.27. The Hall–Kier alpha value is -2.28. The molecule has 0 spiro atoms. The molecule has 1 aromatic carbocycles. The summed E-state index contributed by atoms with van der Waals surface area (Å²) >= 11 is 1.63. The van der Waals surface area contributed by atoms with Gasteiger partial charge in [-0.15, -0.1) is 0 Å². The zero-order valence-corrected chi connectivity index (χ0v) is 20.7. The first-order valence-corrected chi connectivity index (χ1v) is 13.0. The zero-order chi connectivity index (χ0) is 23.4. The minimum absolute atomic E-state index is 0.0427. The van der Waals surface area contributed by atoms with Gasteiger partial charge >= 0.3 is 0 Å². The van der Waals surface area contributed by atoms with Gasteiger partial charge in [0.15, 0.2) is 5.17 Å². The second-order valence-electron chi connectivity index (χ2n) is 10.3. The lowest BCUT2D eigenvalue weighted by Crippen LogP contribution is -2.53. The predicted octanol–water partition coefficient (Wildman–Crippen LogP) is 5.04. The molecular weight excluding hydrogens is 434 g/mol. The number of carbonyl (C=O) groups is 2. The van der Waals surface area contributed by atoms with Crippen LogP contribution in [0.4, 0.5) is 5.69 Å². The number of hydrazine groups is 1. The van der Waals surface area contributed by atoms with Crippen LogP contribution in [0, 0.1) is 28.6 Å². The van der Waals surface area contributed by atoms with E-state index in [2.05, 4.69) is 32.9 Å². The molecule has 176 valence electrons. The van der Waals surface area contributed by atoms with Crippen LogP contribution in [0.1, 0.15) is 46.5 Å². The van der Waals surface area contributed by atoms with Crippen LogP contribution in [0.25, 0.3) is 0 Å². The maximum Gasteiger partial charge on any atom is 0.253 e. The number of carbonyl (C=O) groups excluding carboxylic acids is 2. The van der Waals surface area contributed by atoms with Crippen LogP contribution in [-0.4, -0.2) is 46.4 Å². The average molecular weight is 468 g/mol. The van der Waals surface area contributed by atoms with Gasteiger partial charge in [-0.1, -0.05) is 44.7 Å². The molecule has 7 heteroatoms. The van der Waals surface area contributed by atoms with Crippen molar-refractivity contribution in [1.82, 2.24) is 10.0 Å². The molecule has 6 rings (SSSR count). The summed E-state index contributed by atoms with van der Waals surface area (Å²) in [6, 6.07) is 7.56. The van der Waals surface area contributed by atoms with Gasteiger partial charge in [0.25, 0.3) is 11.8 Å². The fraction of sp³-hybridized carbons (Fsp3) is 0.577. The van der Waals surface area contributed by atoms with E-state index in [1.807, 2.05) is 29.3 Å². The monoisotopic (exact) mass is 467 g/mol. The highest BCUT2D eigenvalue weighted by molar-refractivity contribution is 8.13. The first-order chi connectivity index (χ1) is 15.8. The number of aliphatic imine (C=N–C) groups is 1. The second-order valence-corrected chi connectivity index (χ2v) is 11.4. The Morgan fingerprint density at radius 2 is 1.79 bits per heavy atom. The molecule has 4 atom stereocenters. The van der Waals surface area contributed by atoms with E-state index in [-0.39, 0.29) is 34.5 Å². The zero-order valence-electron chi connectivity index (χ0n) is 19.9. The molecule has 5 aliphatic rings. The highest BCUT2D eigenvalue weighted by Crippen LogP contribution is 2.64. The van der Waals surface area contributed by atoms with E-state index >= 15 is 0 Å². The minimum Gasteiger partial charge on any atom is -0.497 e. The first kappa shape index (κ1) is 22.5. The highest BCUT2D eigenvalue weighted by Gasteiger charge is 2.68. The summed E-state index contributed by atoms with van der Waals surface area (Å²) < 4.78 is 5.26. The Morgan fingerprint density at radius 3 is 2.42 bits per heavy atom. The molecule has 1 aromatic rings. The summed E-state index contributed by atoms with van der Waals surface area (Å²) in [6.07, 6.45) is 8.37. The third-order valence-corrected chi connectivity index (χ3v) is 9.33. The molecule has 3 fully saturated rings. The number of thioether (sulfide) groups is 1. The number of nitrogens with zero attached hydrogens (tertiary/aromatic N) is 3. The van der Waals surface area contributed by atoms with Crippen LogP contribution in [-0.2, 0) is 9.59 Å². The van der Waals surface area contributed by atoms with Crippen LogP contribution in [0.5, 0.6) is 5.75 Å². The largest absolute Gasteiger partial charge is 0.497 e. The summed E-state index contributed by atoms with van der Waals surface area (Å²) in [6.45, 7) is 7.16. The SMILES string of the molecule is COc1ccc(N=C2SCCCCN2N2C(=O)[C@@H]3[C@H](C2=O)[C@]2(C)C=C[C@@]3(C(C)C)CC2)cc1. The number of fused-ring (bicyclic) bond motifs is 1. The first-order valence-electron chi connectivity index (χ1n) is 12.0. The van der Waals surface area contributed by atoms with Gasteiger partial charge in [0.05, 0.1) is 24.6 Å². The van der Waals surface area contributed by atoms with E-state index in [4.69, 9.17) is 9.73 Å². The van der Waals surface area contributed by atoms with Crippen LogP contribution in [0.15, 0.2) is 41.4 Å². The normalized spacial score (nSPS) is 34.9. The maximum absolute atomic E-state index is 14.0. The van der Waals surface area contributed by atoms with E-state index in [0.29, 0.717) is 12.5 Å². The Morgan fingerprint density at radius 1 is 1.06 bits per heavy atom. The van der Waals surface area contributed by atoms with Gasteiger partial charge in [0.2, 0.25) is 0 Å². The standard InChI is InChI=1S/C26H33N3O3S/c1-17(2)26-13-11-25(3,12-14-26)20-21(26)23(31)29(22(20)30)28-15-5-6-16-33-24(28)27-18-7-9-19(32-4)10-8-18/h7-11,13,17,20-21H,5-6,12,14-16H2,1-4H3/t20-,21+,25-,26+/m1/s1. The third kappa shape index (κ3) is 3.42. The van der Waals surface area contributed by atoms with Gasteiger partial charge in [0, 0.05) is 17.7 Å². The Bertz CT molecular complexity index is 1020. The lowest BCUT2D eigenvalue weighted by molar-refractivity contribution is -0.153. The molecule has 0 N–H and O–H groups in total. The van der Waals surface area contributed by atoms with Gasteiger partial charge in [-0.3, -0.25) is 14.6 Å². The summed E-state index contributed by atoms with van der Waals surface area (Å²) in [5.74, 6) is 1.32. The van der Waals surface area contributed by atoms with E-state index in [1.54, 1.807) is 18.9 Å². The number of imide groups is 1. The van der Waals surface area contributed by atoms with E-state index < -0.39 is 0 Å². The molecule has 0 radical (unpaired) electrons. The van der Waals surface area contributed by atoms with Crippen molar-refractivity contribution in [3.63, 3.8) is 0 Å². The number of amidine groups is 1. The van der Waals surface area contributed by atoms with Crippen LogP contribution < -0.4 is 4.74 Å². The molecule has 0 aromatic heterocycles. The van der Waals surface area contributed by atoms with Crippen molar-refractivity contribution < 1.29 is 14.3 Å². The predicted molar refractivity (Wildman–Crippen MR) is 131 cm³/mol. The Labute approximate surface area is 200 Å². The number of hydrogen-bond donors (Lipinski definition) is 0. The minimum atomic E-state index is -0.290. The van der Waals surface area contributed by atoms with E-state index in [1.165, 1.54) is 5.01 Å². The number of methoxy groups -OCH3 is 1. The van der Waals surface area contributed by atoms with Crippen LogP contribution >= 0.6 is 11.8 Å². The summed E-state index contributed by atoms with van der Waals surface area (Å²) in [7, 11) is 1.64. The van der Waals surface area contributed by atoms with Crippen molar-refractivity contribution in [3.8, 4) is 5.75 Å². The number of allylic oxidation sites excluding steroid dienone is 2.